The molecule has 1 N–H and O–H groups in total. The van der Waals surface area contributed by atoms with Crippen molar-refractivity contribution >= 4 is 29.1 Å². The first-order valence-corrected chi connectivity index (χ1v) is 7.75. The van der Waals surface area contributed by atoms with E-state index >= 15 is 0 Å². The molecule has 2 rings (SSSR count). The highest BCUT2D eigenvalue weighted by atomic mass is 35.5. The topological polar surface area (TPSA) is 62.3 Å². The third kappa shape index (κ3) is 4.29. The summed E-state index contributed by atoms with van der Waals surface area (Å²) in [6.07, 6.45) is 1.47. The van der Waals surface area contributed by atoms with Gasteiger partial charge in [0.15, 0.2) is 0 Å². The molecule has 0 bridgehead atoms. The third-order valence-electron chi connectivity index (χ3n) is 3.39. The Hall–Kier alpha value is -2.40. The van der Waals surface area contributed by atoms with E-state index < -0.39 is 0 Å². The van der Waals surface area contributed by atoms with Gasteiger partial charge in [-0.3, -0.25) is 14.6 Å². The van der Waals surface area contributed by atoms with Gasteiger partial charge in [-0.25, -0.2) is 0 Å². The molecule has 5 nitrogen and oxygen atoms in total. The van der Waals surface area contributed by atoms with Crippen LogP contribution in [0.1, 0.15) is 34.7 Å². The Labute approximate surface area is 140 Å². The molecule has 6 heteroatoms. The first kappa shape index (κ1) is 17.0. The van der Waals surface area contributed by atoms with Gasteiger partial charge in [-0.1, -0.05) is 11.6 Å². The molecule has 0 spiro atoms. The number of anilines is 1. The number of aromatic nitrogens is 1. The van der Waals surface area contributed by atoms with Crippen LogP contribution < -0.4 is 5.32 Å². The van der Waals surface area contributed by atoms with Crippen molar-refractivity contribution in [1.29, 1.82) is 0 Å². The summed E-state index contributed by atoms with van der Waals surface area (Å²) in [5.74, 6) is -0.487. The zero-order chi connectivity index (χ0) is 16.8. The molecule has 0 atom stereocenters. The number of nitrogens with zero attached hydrogens (tertiary/aromatic N) is 2. The highest BCUT2D eigenvalue weighted by Gasteiger charge is 2.16. The summed E-state index contributed by atoms with van der Waals surface area (Å²) in [5.41, 5.74) is 1.27. The van der Waals surface area contributed by atoms with Crippen LogP contribution in [0, 0.1) is 0 Å². The molecule has 0 saturated heterocycles. The lowest BCUT2D eigenvalue weighted by Crippen LogP contribution is -2.31. The Kier molecular flexibility index (Phi) is 5.71. The quantitative estimate of drug-likeness (QED) is 0.912. The minimum atomic E-state index is -0.302. The van der Waals surface area contributed by atoms with Crippen molar-refractivity contribution in [1.82, 2.24) is 9.88 Å². The van der Waals surface area contributed by atoms with Crippen LogP contribution in [-0.4, -0.2) is 34.8 Å². The fourth-order valence-corrected chi connectivity index (χ4v) is 2.22. The lowest BCUT2D eigenvalue weighted by molar-refractivity contribution is 0.0767. The Balaban J connectivity index is 2.17. The number of nitrogens with one attached hydrogen (secondary N) is 1. The molecule has 120 valence electrons. The zero-order valence-electron chi connectivity index (χ0n) is 13.0. The standard InChI is InChI=1S/C17H18ClN3O2/c1-3-21(4-2)17(23)15-11-12(9-10-19-15)16(22)20-14-7-5-13(18)6-8-14/h5-11H,3-4H2,1-2H3,(H,20,22). The van der Waals surface area contributed by atoms with Crippen molar-refractivity contribution in [3.05, 3.63) is 58.9 Å². The zero-order valence-corrected chi connectivity index (χ0v) is 13.8. The number of rotatable bonds is 5. The van der Waals surface area contributed by atoms with Crippen molar-refractivity contribution in [3.8, 4) is 0 Å². The smallest absolute Gasteiger partial charge is 0.272 e. The molecule has 1 heterocycles. The second kappa shape index (κ2) is 7.74. The number of amides is 2. The molecule has 2 aromatic rings. The lowest BCUT2D eigenvalue weighted by atomic mass is 10.2. The maximum Gasteiger partial charge on any atom is 0.272 e. The largest absolute Gasteiger partial charge is 0.338 e. The molecular formula is C17H18ClN3O2. The summed E-state index contributed by atoms with van der Waals surface area (Å²) in [6.45, 7) is 4.99. The van der Waals surface area contributed by atoms with E-state index in [1.165, 1.54) is 12.3 Å². The van der Waals surface area contributed by atoms with Crippen molar-refractivity contribution in [2.24, 2.45) is 0 Å². The second-order valence-corrected chi connectivity index (χ2v) is 5.30. The van der Waals surface area contributed by atoms with Gasteiger partial charge in [-0.05, 0) is 50.2 Å². The van der Waals surface area contributed by atoms with Crippen molar-refractivity contribution in [3.63, 3.8) is 0 Å². The van der Waals surface area contributed by atoms with Crippen LogP contribution in [0.3, 0.4) is 0 Å². The van der Waals surface area contributed by atoms with E-state index in [9.17, 15) is 9.59 Å². The number of carbonyl (C=O) groups excluding carboxylic acids is 2. The summed E-state index contributed by atoms with van der Waals surface area (Å²) in [6, 6.07) is 9.89. The van der Waals surface area contributed by atoms with E-state index in [0.29, 0.717) is 29.4 Å². The van der Waals surface area contributed by atoms with Gasteiger partial charge >= 0.3 is 0 Å². The molecule has 1 aromatic heterocycles. The second-order valence-electron chi connectivity index (χ2n) is 4.87. The van der Waals surface area contributed by atoms with Gasteiger partial charge in [0.25, 0.3) is 11.8 Å². The SMILES string of the molecule is CCN(CC)C(=O)c1cc(C(=O)Nc2ccc(Cl)cc2)ccn1. The minimum Gasteiger partial charge on any atom is -0.338 e. The molecule has 1 aromatic carbocycles. The fraction of sp³-hybridized carbons (Fsp3) is 0.235. The number of benzene rings is 1. The normalized spacial score (nSPS) is 10.2. The Bertz CT molecular complexity index is 697. The summed E-state index contributed by atoms with van der Waals surface area (Å²) in [4.78, 5) is 30.3. The molecular weight excluding hydrogens is 314 g/mol. The maximum atomic E-state index is 12.3. The molecule has 2 amide bonds. The minimum absolute atomic E-state index is 0.184. The van der Waals surface area contributed by atoms with Gasteiger partial charge in [-0.2, -0.15) is 0 Å². The molecule has 0 aliphatic carbocycles. The number of halogens is 1. The number of carbonyl (C=O) groups is 2. The van der Waals surface area contributed by atoms with Crippen LogP contribution in [-0.2, 0) is 0 Å². The number of hydrogen-bond acceptors (Lipinski definition) is 3. The predicted molar refractivity (Wildman–Crippen MR) is 90.9 cm³/mol. The van der Waals surface area contributed by atoms with Gasteiger partial charge in [0.1, 0.15) is 5.69 Å². The van der Waals surface area contributed by atoms with Gasteiger partial charge in [-0.15, -0.1) is 0 Å². The predicted octanol–water partition coefficient (Wildman–Crippen LogP) is 3.47. The van der Waals surface area contributed by atoms with Gasteiger partial charge in [0.05, 0.1) is 0 Å². The average Bonchev–Trinajstić information content (AvgIpc) is 2.58. The van der Waals surface area contributed by atoms with E-state index in [1.54, 1.807) is 35.2 Å². The van der Waals surface area contributed by atoms with Crippen LogP contribution in [0.2, 0.25) is 5.02 Å². The molecule has 23 heavy (non-hydrogen) atoms. The fourth-order valence-electron chi connectivity index (χ4n) is 2.10. The van der Waals surface area contributed by atoms with Crippen LogP contribution in [0.4, 0.5) is 5.69 Å². The number of hydrogen-bond donors (Lipinski definition) is 1. The molecule has 0 saturated carbocycles. The maximum absolute atomic E-state index is 12.3. The van der Waals surface area contributed by atoms with E-state index in [0.717, 1.165) is 0 Å². The highest BCUT2D eigenvalue weighted by Crippen LogP contribution is 2.15. The van der Waals surface area contributed by atoms with Crippen molar-refractivity contribution in [2.75, 3.05) is 18.4 Å². The van der Waals surface area contributed by atoms with E-state index in [-0.39, 0.29) is 17.5 Å². The summed E-state index contributed by atoms with van der Waals surface area (Å²) in [5, 5.41) is 3.35. The first-order chi connectivity index (χ1) is 11.0. The Morgan fingerprint density at radius 2 is 1.78 bits per heavy atom. The van der Waals surface area contributed by atoms with Gasteiger partial charge < -0.3 is 10.2 Å². The van der Waals surface area contributed by atoms with Crippen LogP contribution in [0.25, 0.3) is 0 Å². The Morgan fingerprint density at radius 3 is 2.39 bits per heavy atom. The van der Waals surface area contributed by atoms with Crippen LogP contribution in [0.15, 0.2) is 42.6 Å². The Morgan fingerprint density at radius 1 is 1.13 bits per heavy atom. The van der Waals surface area contributed by atoms with Crippen molar-refractivity contribution in [2.45, 2.75) is 13.8 Å². The third-order valence-corrected chi connectivity index (χ3v) is 3.65. The molecule has 0 unspecified atom stereocenters. The number of pyridine rings is 1. The highest BCUT2D eigenvalue weighted by molar-refractivity contribution is 6.30. The van der Waals surface area contributed by atoms with E-state index in [1.807, 2.05) is 13.8 Å². The van der Waals surface area contributed by atoms with Crippen molar-refractivity contribution < 1.29 is 9.59 Å². The summed E-state index contributed by atoms with van der Waals surface area (Å²) >= 11 is 5.81. The summed E-state index contributed by atoms with van der Waals surface area (Å²) in [7, 11) is 0. The van der Waals surface area contributed by atoms with Crippen LogP contribution in [0.5, 0.6) is 0 Å². The van der Waals surface area contributed by atoms with Gasteiger partial charge in [0, 0.05) is 35.6 Å². The lowest BCUT2D eigenvalue weighted by Gasteiger charge is -2.18. The molecule has 0 aliphatic rings. The van der Waals surface area contributed by atoms with E-state index in [2.05, 4.69) is 10.3 Å². The van der Waals surface area contributed by atoms with E-state index in [4.69, 9.17) is 11.6 Å². The monoisotopic (exact) mass is 331 g/mol. The molecule has 0 radical (unpaired) electrons. The van der Waals surface area contributed by atoms with Crippen LogP contribution >= 0.6 is 11.6 Å². The first-order valence-electron chi connectivity index (χ1n) is 7.37. The summed E-state index contributed by atoms with van der Waals surface area (Å²) < 4.78 is 0. The van der Waals surface area contributed by atoms with Gasteiger partial charge in [0.2, 0.25) is 0 Å². The average molecular weight is 332 g/mol. The molecule has 0 fully saturated rings. The molecule has 0 aliphatic heterocycles.